The van der Waals surface area contributed by atoms with Crippen molar-refractivity contribution in [1.82, 2.24) is 0 Å². The zero-order chi connectivity index (χ0) is 15.2. The molecule has 0 heterocycles. The van der Waals surface area contributed by atoms with Crippen molar-refractivity contribution in [3.8, 4) is 0 Å². The molecule has 0 aromatic heterocycles. The van der Waals surface area contributed by atoms with Crippen LogP contribution in [-0.4, -0.2) is 17.6 Å². The quantitative estimate of drug-likeness (QED) is 0.859. The van der Waals surface area contributed by atoms with Gasteiger partial charge in [-0.15, -0.1) is 11.8 Å². The Morgan fingerprint density at radius 2 is 1.86 bits per heavy atom. The number of nitrogens with one attached hydrogen (secondary N) is 1. The number of benzene rings is 2. The van der Waals surface area contributed by atoms with Gasteiger partial charge in [0.1, 0.15) is 0 Å². The number of carboxylic acid groups (broad SMARTS) is 1. The molecular formula is C15H11ClNO3S-. The van der Waals surface area contributed by atoms with Crippen LogP contribution in [0.2, 0.25) is 5.02 Å². The van der Waals surface area contributed by atoms with E-state index in [9.17, 15) is 14.7 Å². The molecule has 0 atom stereocenters. The topological polar surface area (TPSA) is 69.2 Å². The van der Waals surface area contributed by atoms with Gasteiger partial charge in [-0.25, -0.2) is 0 Å². The van der Waals surface area contributed by atoms with E-state index in [0.29, 0.717) is 5.69 Å². The predicted molar refractivity (Wildman–Crippen MR) is 81.6 cm³/mol. The number of rotatable bonds is 5. The molecule has 0 saturated carbocycles. The van der Waals surface area contributed by atoms with Crippen LogP contribution in [0.3, 0.4) is 0 Å². The van der Waals surface area contributed by atoms with E-state index in [1.165, 1.54) is 23.9 Å². The fraction of sp³-hybridized carbons (Fsp3) is 0.0667. The van der Waals surface area contributed by atoms with Crippen molar-refractivity contribution in [3.05, 3.63) is 59.1 Å². The first-order valence-corrected chi connectivity index (χ1v) is 7.41. The number of thioether (sulfide) groups is 1. The molecule has 0 bridgehead atoms. The number of carboxylic acids is 1. The van der Waals surface area contributed by atoms with Crippen molar-refractivity contribution in [2.45, 2.75) is 4.90 Å². The molecule has 1 amide bonds. The highest BCUT2D eigenvalue weighted by molar-refractivity contribution is 8.00. The highest BCUT2D eigenvalue weighted by Gasteiger charge is 2.07. The number of hydrogen-bond acceptors (Lipinski definition) is 4. The standard InChI is InChI=1S/C15H12ClNO3S/c16-13-7-6-10(8-12(13)15(19)20)17-14(18)9-21-11-4-2-1-3-5-11/h1-8H,9H2,(H,17,18)(H,19,20)/p-1. The molecule has 2 rings (SSSR count). The summed E-state index contributed by atoms with van der Waals surface area (Å²) < 4.78 is 0. The predicted octanol–water partition coefficient (Wildman–Crippen LogP) is 2.43. The number of halogens is 1. The van der Waals surface area contributed by atoms with Gasteiger partial charge in [-0.1, -0.05) is 29.8 Å². The summed E-state index contributed by atoms with van der Waals surface area (Å²) in [6.07, 6.45) is 0. The zero-order valence-corrected chi connectivity index (χ0v) is 12.4. The molecule has 0 unspecified atom stereocenters. The second kappa shape index (κ2) is 7.15. The molecule has 0 spiro atoms. The van der Waals surface area contributed by atoms with Crippen molar-refractivity contribution < 1.29 is 14.7 Å². The van der Waals surface area contributed by atoms with Crippen LogP contribution in [-0.2, 0) is 4.79 Å². The van der Waals surface area contributed by atoms with Crippen LogP contribution >= 0.6 is 23.4 Å². The summed E-state index contributed by atoms with van der Waals surface area (Å²) in [4.78, 5) is 23.7. The van der Waals surface area contributed by atoms with Crippen LogP contribution in [0.4, 0.5) is 5.69 Å². The fourth-order valence-electron chi connectivity index (χ4n) is 1.62. The van der Waals surface area contributed by atoms with Gasteiger partial charge in [0.05, 0.1) is 11.7 Å². The highest BCUT2D eigenvalue weighted by atomic mass is 35.5. The average Bonchev–Trinajstić information content (AvgIpc) is 2.48. The number of hydrogen-bond donors (Lipinski definition) is 1. The van der Waals surface area contributed by atoms with Gasteiger partial charge >= 0.3 is 0 Å². The minimum atomic E-state index is -1.38. The van der Waals surface area contributed by atoms with Crippen LogP contribution in [0.15, 0.2) is 53.4 Å². The monoisotopic (exact) mass is 320 g/mol. The van der Waals surface area contributed by atoms with Gasteiger partial charge in [0.25, 0.3) is 0 Å². The smallest absolute Gasteiger partial charge is 0.234 e. The van der Waals surface area contributed by atoms with Crippen LogP contribution in [0, 0.1) is 0 Å². The third-order valence-electron chi connectivity index (χ3n) is 2.58. The maximum absolute atomic E-state index is 11.8. The summed E-state index contributed by atoms with van der Waals surface area (Å²) in [5.74, 6) is -1.38. The molecule has 4 nitrogen and oxygen atoms in total. The molecule has 0 aliphatic heterocycles. The third kappa shape index (κ3) is 4.51. The normalized spacial score (nSPS) is 10.1. The van der Waals surface area contributed by atoms with E-state index in [2.05, 4.69) is 5.32 Å². The summed E-state index contributed by atoms with van der Waals surface area (Å²) in [5, 5.41) is 13.6. The summed E-state index contributed by atoms with van der Waals surface area (Å²) in [7, 11) is 0. The van der Waals surface area contributed by atoms with Crippen molar-refractivity contribution in [3.63, 3.8) is 0 Å². The first-order chi connectivity index (χ1) is 10.1. The Morgan fingerprint density at radius 1 is 1.14 bits per heavy atom. The lowest BCUT2D eigenvalue weighted by Gasteiger charge is -2.09. The molecule has 0 aliphatic carbocycles. The van der Waals surface area contributed by atoms with E-state index >= 15 is 0 Å². The summed E-state index contributed by atoms with van der Waals surface area (Å²) in [6.45, 7) is 0. The molecule has 108 valence electrons. The molecule has 1 N–H and O–H groups in total. The number of anilines is 1. The van der Waals surface area contributed by atoms with Crippen molar-refractivity contribution in [1.29, 1.82) is 0 Å². The molecular weight excluding hydrogens is 310 g/mol. The van der Waals surface area contributed by atoms with E-state index in [0.717, 1.165) is 4.90 Å². The average molecular weight is 321 g/mol. The van der Waals surface area contributed by atoms with Crippen LogP contribution in [0.5, 0.6) is 0 Å². The van der Waals surface area contributed by atoms with Crippen LogP contribution < -0.4 is 10.4 Å². The summed E-state index contributed by atoms with van der Waals surface area (Å²) in [5.41, 5.74) is 0.224. The first-order valence-electron chi connectivity index (χ1n) is 6.05. The summed E-state index contributed by atoms with van der Waals surface area (Å²) >= 11 is 7.13. The Balaban J connectivity index is 1.97. The van der Waals surface area contributed by atoms with E-state index in [-0.39, 0.29) is 22.2 Å². The largest absolute Gasteiger partial charge is 0.545 e. The van der Waals surface area contributed by atoms with Gasteiger partial charge in [-0.05, 0) is 30.3 Å². The minimum Gasteiger partial charge on any atom is -0.545 e. The van der Waals surface area contributed by atoms with Gasteiger partial charge in [-0.2, -0.15) is 0 Å². The second-order valence-electron chi connectivity index (χ2n) is 4.13. The molecule has 0 aliphatic rings. The van der Waals surface area contributed by atoms with Crippen LogP contribution in [0.1, 0.15) is 10.4 Å². The maximum atomic E-state index is 11.8. The Morgan fingerprint density at radius 3 is 2.52 bits per heavy atom. The van der Waals surface area contributed by atoms with E-state index in [1.807, 2.05) is 30.3 Å². The zero-order valence-electron chi connectivity index (χ0n) is 10.8. The summed E-state index contributed by atoms with van der Waals surface area (Å²) in [6, 6.07) is 13.7. The van der Waals surface area contributed by atoms with E-state index in [1.54, 1.807) is 6.07 Å². The Labute approximate surface area is 131 Å². The van der Waals surface area contributed by atoms with Gasteiger partial charge in [0.2, 0.25) is 5.91 Å². The molecule has 0 fully saturated rings. The Bertz CT molecular complexity index is 661. The van der Waals surface area contributed by atoms with Crippen molar-refractivity contribution in [2.24, 2.45) is 0 Å². The SMILES string of the molecule is O=C(CSc1ccccc1)Nc1ccc(Cl)c(C(=O)[O-])c1. The fourth-order valence-corrected chi connectivity index (χ4v) is 2.54. The highest BCUT2D eigenvalue weighted by Crippen LogP contribution is 2.21. The van der Waals surface area contributed by atoms with Crippen LogP contribution in [0.25, 0.3) is 0 Å². The van der Waals surface area contributed by atoms with Gasteiger partial charge in [-0.3, -0.25) is 4.79 Å². The third-order valence-corrected chi connectivity index (χ3v) is 3.92. The number of carbonyl (C=O) groups excluding carboxylic acids is 2. The van der Waals surface area contributed by atoms with Crippen molar-refractivity contribution in [2.75, 3.05) is 11.1 Å². The molecule has 21 heavy (non-hydrogen) atoms. The maximum Gasteiger partial charge on any atom is 0.234 e. The first kappa shape index (κ1) is 15.4. The lowest BCUT2D eigenvalue weighted by molar-refractivity contribution is -0.255. The Hall–Kier alpha value is -1.98. The number of amides is 1. The second-order valence-corrected chi connectivity index (χ2v) is 5.59. The Kier molecular flexibility index (Phi) is 5.25. The molecule has 2 aromatic rings. The number of aromatic carboxylic acids is 1. The van der Waals surface area contributed by atoms with Gasteiger partial charge in [0, 0.05) is 21.2 Å². The van der Waals surface area contributed by atoms with E-state index < -0.39 is 5.97 Å². The van der Waals surface area contributed by atoms with Gasteiger partial charge < -0.3 is 15.2 Å². The lowest BCUT2D eigenvalue weighted by atomic mass is 10.2. The van der Waals surface area contributed by atoms with Crippen molar-refractivity contribution >= 4 is 40.9 Å². The van der Waals surface area contributed by atoms with E-state index in [4.69, 9.17) is 11.6 Å². The number of carbonyl (C=O) groups is 2. The van der Waals surface area contributed by atoms with Gasteiger partial charge in [0.15, 0.2) is 0 Å². The molecule has 6 heteroatoms. The lowest BCUT2D eigenvalue weighted by Crippen LogP contribution is -2.23. The molecule has 2 aromatic carbocycles. The minimum absolute atomic E-state index is 0.0756. The molecule has 0 radical (unpaired) electrons. The molecule has 0 saturated heterocycles.